The van der Waals surface area contributed by atoms with E-state index in [0.717, 1.165) is 28.8 Å². The van der Waals surface area contributed by atoms with Crippen molar-refractivity contribution >= 4 is 15.9 Å². The zero-order valence-corrected chi connectivity index (χ0v) is 8.98. The zero-order chi connectivity index (χ0) is 8.97. The molecule has 0 amide bonds. The van der Waals surface area contributed by atoms with Gasteiger partial charge in [-0.2, -0.15) is 0 Å². The molecular weight excluding hydrogens is 216 g/mol. The smallest absolute Gasteiger partial charge is 0.0561 e. The SMILES string of the molecule is CNCCc1nc(C)ccc1Br. The number of hydrogen-bond donors (Lipinski definition) is 1. The Bertz CT molecular complexity index is 261. The third-order valence-corrected chi connectivity index (χ3v) is 2.39. The lowest BCUT2D eigenvalue weighted by Crippen LogP contribution is -2.11. The Morgan fingerprint density at radius 2 is 2.25 bits per heavy atom. The molecule has 1 rings (SSSR count). The summed E-state index contributed by atoms with van der Waals surface area (Å²) in [7, 11) is 1.95. The average Bonchev–Trinajstić information content (AvgIpc) is 2.07. The van der Waals surface area contributed by atoms with E-state index in [-0.39, 0.29) is 0 Å². The largest absolute Gasteiger partial charge is 0.319 e. The molecule has 0 aliphatic heterocycles. The van der Waals surface area contributed by atoms with Crippen LogP contribution >= 0.6 is 15.9 Å². The number of nitrogens with one attached hydrogen (secondary N) is 1. The first-order valence-corrected chi connectivity index (χ1v) is 4.80. The number of aromatic nitrogens is 1. The molecule has 0 atom stereocenters. The summed E-state index contributed by atoms with van der Waals surface area (Å²) in [4.78, 5) is 4.42. The standard InChI is InChI=1S/C9H13BrN2/c1-7-3-4-8(10)9(12-7)5-6-11-2/h3-4,11H,5-6H2,1-2H3. The van der Waals surface area contributed by atoms with Crippen LogP contribution < -0.4 is 5.32 Å². The predicted octanol–water partition coefficient (Wildman–Crippen LogP) is 1.91. The molecule has 66 valence electrons. The van der Waals surface area contributed by atoms with Crippen LogP contribution in [0.2, 0.25) is 0 Å². The van der Waals surface area contributed by atoms with Crippen LogP contribution in [-0.2, 0) is 6.42 Å². The normalized spacial score (nSPS) is 10.2. The summed E-state index contributed by atoms with van der Waals surface area (Å²) < 4.78 is 1.10. The highest BCUT2D eigenvalue weighted by Gasteiger charge is 2.00. The van der Waals surface area contributed by atoms with Crippen molar-refractivity contribution in [2.24, 2.45) is 0 Å². The van der Waals surface area contributed by atoms with Gasteiger partial charge in [-0.25, -0.2) is 0 Å². The number of likely N-dealkylation sites (N-methyl/N-ethyl adjacent to an activating group) is 1. The van der Waals surface area contributed by atoms with E-state index in [1.165, 1.54) is 0 Å². The summed E-state index contributed by atoms with van der Waals surface area (Å²) in [5.41, 5.74) is 2.20. The summed E-state index contributed by atoms with van der Waals surface area (Å²) >= 11 is 3.47. The van der Waals surface area contributed by atoms with Gasteiger partial charge < -0.3 is 5.32 Å². The lowest BCUT2D eigenvalue weighted by molar-refractivity contribution is 0.771. The second-order valence-electron chi connectivity index (χ2n) is 2.73. The third-order valence-electron chi connectivity index (χ3n) is 1.67. The van der Waals surface area contributed by atoms with Gasteiger partial charge in [-0.1, -0.05) is 0 Å². The number of hydrogen-bond acceptors (Lipinski definition) is 2. The molecule has 1 N–H and O–H groups in total. The highest BCUT2D eigenvalue weighted by molar-refractivity contribution is 9.10. The molecule has 0 spiro atoms. The van der Waals surface area contributed by atoms with Crippen molar-refractivity contribution in [3.8, 4) is 0 Å². The molecule has 1 aromatic heterocycles. The Kier molecular flexibility index (Phi) is 3.69. The first-order chi connectivity index (χ1) is 5.74. The van der Waals surface area contributed by atoms with Gasteiger partial charge in [-0.15, -0.1) is 0 Å². The minimum absolute atomic E-state index is 0.967. The van der Waals surface area contributed by atoms with Crippen LogP contribution in [0.15, 0.2) is 16.6 Å². The topological polar surface area (TPSA) is 24.9 Å². The van der Waals surface area contributed by atoms with Crippen LogP contribution in [0.25, 0.3) is 0 Å². The van der Waals surface area contributed by atoms with Gasteiger partial charge in [0.05, 0.1) is 5.69 Å². The molecular formula is C9H13BrN2. The van der Waals surface area contributed by atoms with Crippen molar-refractivity contribution < 1.29 is 0 Å². The van der Waals surface area contributed by atoms with E-state index >= 15 is 0 Å². The van der Waals surface area contributed by atoms with Crippen LogP contribution in [0.5, 0.6) is 0 Å². The van der Waals surface area contributed by atoms with E-state index in [1.807, 2.05) is 26.1 Å². The van der Waals surface area contributed by atoms with Crippen molar-refractivity contribution in [2.45, 2.75) is 13.3 Å². The van der Waals surface area contributed by atoms with E-state index < -0.39 is 0 Å². The van der Waals surface area contributed by atoms with Gasteiger partial charge in [0.1, 0.15) is 0 Å². The first-order valence-electron chi connectivity index (χ1n) is 4.00. The van der Waals surface area contributed by atoms with E-state index in [1.54, 1.807) is 0 Å². The Labute approximate surface area is 81.5 Å². The molecule has 0 unspecified atom stereocenters. The zero-order valence-electron chi connectivity index (χ0n) is 7.39. The fraction of sp³-hybridized carbons (Fsp3) is 0.444. The summed E-state index contributed by atoms with van der Waals surface area (Å²) in [6.07, 6.45) is 0.971. The molecule has 0 aliphatic carbocycles. The maximum absolute atomic E-state index is 4.42. The van der Waals surface area contributed by atoms with Gasteiger partial charge in [0.2, 0.25) is 0 Å². The molecule has 0 aromatic carbocycles. The number of aryl methyl sites for hydroxylation is 1. The minimum atomic E-state index is 0.967. The van der Waals surface area contributed by atoms with Crippen LogP contribution in [0.4, 0.5) is 0 Å². The van der Waals surface area contributed by atoms with Gasteiger partial charge in [0, 0.05) is 23.1 Å². The van der Waals surface area contributed by atoms with Crippen LogP contribution in [0.3, 0.4) is 0 Å². The Hall–Kier alpha value is -0.410. The van der Waals surface area contributed by atoms with Crippen molar-refractivity contribution in [3.05, 3.63) is 28.0 Å². The van der Waals surface area contributed by atoms with Crippen LogP contribution in [0, 0.1) is 6.92 Å². The predicted molar refractivity (Wildman–Crippen MR) is 54.3 cm³/mol. The number of pyridine rings is 1. The second-order valence-corrected chi connectivity index (χ2v) is 3.59. The monoisotopic (exact) mass is 228 g/mol. The van der Waals surface area contributed by atoms with E-state index in [0.29, 0.717) is 0 Å². The average molecular weight is 229 g/mol. The van der Waals surface area contributed by atoms with Gasteiger partial charge >= 0.3 is 0 Å². The maximum atomic E-state index is 4.42. The highest BCUT2D eigenvalue weighted by Crippen LogP contribution is 2.14. The van der Waals surface area contributed by atoms with Gasteiger partial charge in [-0.3, -0.25) is 4.98 Å². The molecule has 0 fully saturated rings. The van der Waals surface area contributed by atoms with Gasteiger partial charge in [0.15, 0.2) is 0 Å². The van der Waals surface area contributed by atoms with E-state index in [4.69, 9.17) is 0 Å². The maximum Gasteiger partial charge on any atom is 0.0561 e. The molecule has 0 bridgehead atoms. The lowest BCUT2D eigenvalue weighted by Gasteiger charge is -2.03. The van der Waals surface area contributed by atoms with Crippen molar-refractivity contribution in [1.82, 2.24) is 10.3 Å². The quantitative estimate of drug-likeness (QED) is 0.856. The first kappa shape index (κ1) is 9.68. The van der Waals surface area contributed by atoms with Crippen LogP contribution in [-0.4, -0.2) is 18.6 Å². The minimum Gasteiger partial charge on any atom is -0.319 e. The fourth-order valence-corrected chi connectivity index (χ4v) is 1.43. The second kappa shape index (κ2) is 4.58. The molecule has 0 saturated carbocycles. The van der Waals surface area contributed by atoms with Crippen molar-refractivity contribution in [3.63, 3.8) is 0 Å². The van der Waals surface area contributed by atoms with Gasteiger partial charge in [0.25, 0.3) is 0 Å². The summed E-state index contributed by atoms with van der Waals surface area (Å²) in [6.45, 7) is 2.98. The number of halogens is 1. The number of nitrogens with zero attached hydrogens (tertiary/aromatic N) is 1. The molecule has 0 saturated heterocycles. The van der Waals surface area contributed by atoms with Crippen LogP contribution in [0.1, 0.15) is 11.4 Å². The summed E-state index contributed by atoms with van der Waals surface area (Å²) in [5.74, 6) is 0. The fourth-order valence-electron chi connectivity index (χ4n) is 1.01. The molecule has 2 nitrogen and oxygen atoms in total. The van der Waals surface area contributed by atoms with Crippen molar-refractivity contribution in [1.29, 1.82) is 0 Å². The molecule has 3 heteroatoms. The summed E-state index contributed by atoms with van der Waals surface area (Å²) in [6, 6.07) is 4.06. The van der Waals surface area contributed by atoms with E-state index in [2.05, 4.69) is 26.2 Å². The Morgan fingerprint density at radius 1 is 1.50 bits per heavy atom. The molecule has 12 heavy (non-hydrogen) atoms. The summed E-state index contributed by atoms with van der Waals surface area (Å²) in [5, 5.41) is 3.10. The third kappa shape index (κ3) is 2.57. The Balaban J connectivity index is 2.75. The lowest BCUT2D eigenvalue weighted by atomic mass is 10.2. The van der Waals surface area contributed by atoms with Gasteiger partial charge in [-0.05, 0) is 42.0 Å². The highest BCUT2D eigenvalue weighted by atomic mass is 79.9. The van der Waals surface area contributed by atoms with Crippen molar-refractivity contribution in [2.75, 3.05) is 13.6 Å². The molecule has 0 radical (unpaired) electrons. The van der Waals surface area contributed by atoms with E-state index in [9.17, 15) is 0 Å². The molecule has 1 heterocycles. The Morgan fingerprint density at radius 3 is 2.92 bits per heavy atom. The molecule has 1 aromatic rings. The number of rotatable bonds is 3. The molecule has 0 aliphatic rings.